The summed E-state index contributed by atoms with van der Waals surface area (Å²) in [7, 11) is 1.91. The van der Waals surface area contributed by atoms with Crippen molar-refractivity contribution in [1.29, 1.82) is 0 Å². The second-order valence-corrected chi connectivity index (χ2v) is 5.52. The van der Waals surface area contributed by atoms with Crippen LogP contribution in [0.4, 0.5) is 5.95 Å². The third kappa shape index (κ3) is 2.18. The monoisotopic (exact) mass is 275 g/mol. The molecule has 0 spiro atoms. The summed E-state index contributed by atoms with van der Waals surface area (Å²) < 4.78 is 1.81. The molecule has 2 atom stereocenters. The molecule has 7 nitrogen and oxygen atoms in total. The lowest BCUT2D eigenvalue weighted by molar-refractivity contribution is 0.416. The van der Waals surface area contributed by atoms with Crippen LogP contribution in [0.1, 0.15) is 25.5 Å². The topological polar surface area (TPSA) is 88.7 Å². The van der Waals surface area contributed by atoms with Gasteiger partial charge in [0.2, 0.25) is 5.95 Å². The van der Waals surface area contributed by atoms with E-state index in [4.69, 9.17) is 5.73 Å². The number of hydrogen-bond acceptors (Lipinski definition) is 5. The Labute approximate surface area is 118 Å². The standard InChI is InChI=1S/C13H21N7/c1-8-7-11(19(3)18-8)12-15-13(17-16-12)20-6-4-5-10(14)9(20)2/h7,9-10H,4-6,14H2,1-3H3,(H,15,16,17). The summed E-state index contributed by atoms with van der Waals surface area (Å²) in [6, 6.07) is 2.45. The molecule has 2 aromatic heterocycles. The highest BCUT2D eigenvalue weighted by atomic mass is 15.4. The Morgan fingerprint density at radius 2 is 2.25 bits per heavy atom. The minimum absolute atomic E-state index is 0.185. The summed E-state index contributed by atoms with van der Waals surface area (Å²) in [5, 5.41) is 11.7. The normalized spacial score (nSPS) is 23.3. The maximum absolute atomic E-state index is 6.13. The summed E-state index contributed by atoms with van der Waals surface area (Å²) in [6.45, 7) is 5.05. The number of nitrogens with two attached hydrogens (primary N) is 1. The quantitative estimate of drug-likeness (QED) is 0.847. The molecule has 108 valence electrons. The minimum Gasteiger partial charge on any atom is -0.335 e. The van der Waals surface area contributed by atoms with Crippen LogP contribution in [0.15, 0.2) is 6.07 Å². The Bertz CT molecular complexity index is 600. The zero-order valence-electron chi connectivity index (χ0n) is 12.2. The zero-order valence-corrected chi connectivity index (χ0v) is 12.2. The molecule has 0 bridgehead atoms. The molecule has 20 heavy (non-hydrogen) atoms. The van der Waals surface area contributed by atoms with Crippen LogP contribution in [0.3, 0.4) is 0 Å². The van der Waals surface area contributed by atoms with Gasteiger partial charge in [0.05, 0.1) is 5.69 Å². The van der Waals surface area contributed by atoms with Crippen molar-refractivity contribution in [2.75, 3.05) is 11.4 Å². The van der Waals surface area contributed by atoms with Crippen LogP contribution < -0.4 is 10.6 Å². The molecule has 0 aliphatic carbocycles. The van der Waals surface area contributed by atoms with E-state index in [0.29, 0.717) is 0 Å². The molecule has 1 saturated heterocycles. The van der Waals surface area contributed by atoms with Gasteiger partial charge in [-0.25, -0.2) is 0 Å². The first-order chi connectivity index (χ1) is 9.56. The lowest BCUT2D eigenvalue weighted by Crippen LogP contribution is -2.50. The number of aromatic amines is 1. The number of anilines is 1. The largest absolute Gasteiger partial charge is 0.335 e. The number of aryl methyl sites for hydroxylation is 2. The van der Waals surface area contributed by atoms with Gasteiger partial charge in [-0.3, -0.25) is 9.78 Å². The van der Waals surface area contributed by atoms with Gasteiger partial charge < -0.3 is 10.6 Å². The van der Waals surface area contributed by atoms with Crippen molar-refractivity contribution in [1.82, 2.24) is 25.0 Å². The van der Waals surface area contributed by atoms with Crippen molar-refractivity contribution < 1.29 is 0 Å². The van der Waals surface area contributed by atoms with Crippen molar-refractivity contribution >= 4 is 5.95 Å². The number of piperidine rings is 1. The highest BCUT2D eigenvalue weighted by molar-refractivity contribution is 5.52. The van der Waals surface area contributed by atoms with E-state index in [2.05, 4.69) is 32.1 Å². The molecular formula is C13H21N7. The third-order valence-electron chi connectivity index (χ3n) is 4.02. The van der Waals surface area contributed by atoms with Gasteiger partial charge in [0.1, 0.15) is 5.69 Å². The predicted octanol–water partition coefficient (Wildman–Crippen LogP) is 0.830. The van der Waals surface area contributed by atoms with Crippen LogP contribution in [0.5, 0.6) is 0 Å². The Morgan fingerprint density at radius 3 is 2.95 bits per heavy atom. The fourth-order valence-corrected chi connectivity index (χ4v) is 2.78. The van der Waals surface area contributed by atoms with Gasteiger partial charge >= 0.3 is 0 Å². The first-order valence-corrected chi connectivity index (χ1v) is 7.02. The van der Waals surface area contributed by atoms with Crippen molar-refractivity contribution in [2.45, 2.75) is 38.8 Å². The molecule has 1 fully saturated rings. The van der Waals surface area contributed by atoms with Crippen molar-refractivity contribution in [2.24, 2.45) is 12.8 Å². The molecule has 2 aromatic rings. The molecule has 2 unspecified atom stereocenters. The first-order valence-electron chi connectivity index (χ1n) is 7.02. The average Bonchev–Trinajstić information content (AvgIpc) is 2.99. The molecule has 3 N–H and O–H groups in total. The van der Waals surface area contributed by atoms with Gasteiger partial charge in [0.25, 0.3) is 0 Å². The van der Waals surface area contributed by atoms with Crippen molar-refractivity contribution in [3.63, 3.8) is 0 Å². The van der Waals surface area contributed by atoms with E-state index in [1.807, 2.05) is 24.7 Å². The van der Waals surface area contributed by atoms with E-state index < -0.39 is 0 Å². The van der Waals surface area contributed by atoms with Gasteiger partial charge in [0, 0.05) is 25.7 Å². The molecular weight excluding hydrogens is 254 g/mol. The minimum atomic E-state index is 0.185. The van der Waals surface area contributed by atoms with Gasteiger partial charge in [-0.1, -0.05) is 0 Å². The summed E-state index contributed by atoms with van der Waals surface area (Å²) in [6.07, 6.45) is 2.15. The summed E-state index contributed by atoms with van der Waals surface area (Å²) in [5.41, 5.74) is 8.04. The Balaban J connectivity index is 1.88. The molecule has 3 heterocycles. The molecule has 7 heteroatoms. The van der Waals surface area contributed by atoms with Crippen molar-refractivity contribution in [3.05, 3.63) is 11.8 Å². The van der Waals surface area contributed by atoms with Gasteiger partial charge in [-0.2, -0.15) is 10.1 Å². The lowest BCUT2D eigenvalue weighted by Gasteiger charge is -2.36. The number of nitrogens with zero attached hydrogens (tertiary/aromatic N) is 5. The van der Waals surface area contributed by atoms with Crippen LogP contribution in [-0.2, 0) is 7.05 Å². The number of aromatic nitrogens is 5. The molecule has 3 rings (SSSR count). The maximum atomic E-state index is 6.13. The lowest BCUT2D eigenvalue weighted by atomic mass is 9.99. The Morgan fingerprint density at radius 1 is 1.45 bits per heavy atom. The number of H-pyrrole nitrogens is 1. The second kappa shape index (κ2) is 4.90. The maximum Gasteiger partial charge on any atom is 0.245 e. The van der Waals surface area contributed by atoms with Crippen LogP contribution in [0, 0.1) is 6.92 Å². The van der Waals surface area contributed by atoms with Gasteiger partial charge in [-0.15, -0.1) is 5.10 Å². The highest BCUT2D eigenvalue weighted by Gasteiger charge is 2.28. The van der Waals surface area contributed by atoms with Crippen molar-refractivity contribution in [3.8, 4) is 11.5 Å². The van der Waals surface area contributed by atoms with Crippen LogP contribution in [-0.4, -0.2) is 43.6 Å². The van der Waals surface area contributed by atoms with E-state index in [0.717, 1.165) is 42.5 Å². The fraction of sp³-hybridized carbons (Fsp3) is 0.615. The van der Waals surface area contributed by atoms with E-state index in [1.165, 1.54) is 0 Å². The first kappa shape index (κ1) is 13.1. The van der Waals surface area contributed by atoms with E-state index >= 15 is 0 Å². The predicted molar refractivity (Wildman–Crippen MR) is 77.3 cm³/mol. The number of rotatable bonds is 2. The zero-order chi connectivity index (χ0) is 14.3. The third-order valence-corrected chi connectivity index (χ3v) is 4.02. The molecule has 0 aromatic carbocycles. The van der Waals surface area contributed by atoms with Crippen LogP contribution in [0.25, 0.3) is 11.5 Å². The van der Waals surface area contributed by atoms with Gasteiger partial charge in [0.15, 0.2) is 5.82 Å². The summed E-state index contributed by atoms with van der Waals surface area (Å²) in [5.74, 6) is 1.47. The van der Waals surface area contributed by atoms with E-state index in [-0.39, 0.29) is 12.1 Å². The molecule has 0 radical (unpaired) electrons. The Kier molecular flexibility index (Phi) is 3.21. The number of hydrogen-bond donors (Lipinski definition) is 2. The fourth-order valence-electron chi connectivity index (χ4n) is 2.78. The molecule has 0 amide bonds. The smallest absolute Gasteiger partial charge is 0.245 e. The van der Waals surface area contributed by atoms with E-state index in [1.54, 1.807) is 0 Å². The second-order valence-electron chi connectivity index (χ2n) is 5.52. The highest BCUT2D eigenvalue weighted by Crippen LogP contribution is 2.23. The summed E-state index contributed by atoms with van der Waals surface area (Å²) >= 11 is 0. The van der Waals surface area contributed by atoms with Gasteiger partial charge in [-0.05, 0) is 32.8 Å². The summed E-state index contributed by atoms with van der Waals surface area (Å²) in [4.78, 5) is 6.78. The SMILES string of the molecule is Cc1cc(-c2nc(N3CCCC(N)C3C)n[nH]2)n(C)n1. The van der Waals surface area contributed by atoms with Crippen LogP contribution >= 0.6 is 0 Å². The average molecular weight is 275 g/mol. The molecule has 1 aliphatic rings. The Hall–Kier alpha value is -1.89. The molecule has 1 aliphatic heterocycles. The van der Waals surface area contributed by atoms with E-state index in [9.17, 15) is 0 Å². The van der Waals surface area contributed by atoms with Crippen LogP contribution in [0.2, 0.25) is 0 Å². The molecule has 0 saturated carbocycles. The number of nitrogens with one attached hydrogen (secondary N) is 1.